The van der Waals surface area contributed by atoms with Gasteiger partial charge in [-0.2, -0.15) is 0 Å². The number of hydrogen-bond acceptors (Lipinski definition) is 18. The Labute approximate surface area is 606 Å². The minimum atomic E-state index is -1.98. The fraction of sp³-hybridized carbons (Fsp3) is 0.914. The Kier molecular flexibility index (Phi) is 57.3. The molecule has 0 radical (unpaired) electrons. The molecule has 0 aromatic carbocycles. The second kappa shape index (κ2) is 62.1. The molecule has 19 nitrogen and oxygen atoms in total. The highest BCUT2D eigenvalue weighted by atomic mass is 16.8. The van der Waals surface area contributed by atoms with Gasteiger partial charge in [-0.3, -0.25) is 4.79 Å². The number of ether oxygens (including phenoxy) is 6. The van der Waals surface area contributed by atoms with Crippen LogP contribution in [0.25, 0.3) is 0 Å². The Morgan fingerprint density at radius 1 is 0.360 bits per heavy atom. The van der Waals surface area contributed by atoms with Crippen molar-refractivity contribution in [2.45, 2.75) is 446 Å². The Balaban J connectivity index is 1.31. The summed E-state index contributed by atoms with van der Waals surface area (Å²) in [5.74, 6) is -0.269. The molecule has 0 bridgehead atoms. The number of rotatable bonds is 66. The summed E-state index contributed by atoms with van der Waals surface area (Å²) in [6.07, 6.45) is 50.1. The van der Waals surface area contributed by atoms with E-state index >= 15 is 0 Å². The SMILES string of the molecule is CCCCCCC/C=C\C/C=C\CCCCCCCCCCCCCCCCCCCCCCCCCCCC(=O)NC(COC1OC(CO)C(OC2OC(CO)C(OC3OC(CO)C(O)C(O)C3O)C(O)C2O)C(O)C1O)C(O)/C=C/CCCCCCCCCCCCCCCCCC. The fourth-order valence-electron chi connectivity index (χ4n) is 14.1. The third-order valence-corrected chi connectivity index (χ3v) is 20.7. The molecule has 0 spiro atoms. The van der Waals surface area contributed by atoms with Crippen LogP contribution in [0.5, 0.6) is 0 Å². The number of unbranched alkanes of at least 4 members (excludes halogenated alkanes) is 46. The van der Waals surface area contributed by atoms with E-state index in [0.717, 1.165) is 51.4 Å². The zero-order valence-electron chi connectivity index (χ0n) is 62.9. The minimum Gasteiger partial charge on any atom is -0.394 e. The molecule has 3 fully saturated rings. The van der Waals surface area contributed by atoms with Gasteiger partial charge in [-0.15, -0.1) is 0 Å². The van der Waals surface area contributed by atoms with Gasteiger partial charge in [-0.1, -0.05) is 320 Å². The summed E-state index contributed by atoms with van der Waals surface area (Å²) < 4.78 is 34.4. The van der Waals surface area contributed by atoms with Gasteiger partial charge < -0.3 is 89.9 Å². The maximum absolute atomic E-state index is 13.5. The van der Waals surface area contributed by atoms with Crippen molar-refractivity contribution in [3.63, 3.8) is 0 Å². The van der Waals surface area contributed by atoms with Crippen LogP contribution in [0.3, 0.4) is 0 Å². The van der Waals surface area contributed by atoms with Gasteiger partial charge in [0, 0.05) is 6.42 Å². The lowest BCUT2D eigenvalue weighted by Gasteiger charge is -2.48. The van der Waals surface area contributed by atoms with Crippen molar-refractivity contribution >= 4 is 5.91 Å². The molecule has 0 saturated carbocycles. The lowest BCUT2D eigenvalue weighted by Crippen LogP contribution is -2.66. The van der Waals surface area contributed by atoms with E-state index in [4.69, 9.17) is 28.4 Å². The zero-order chi connectivity index (χ0) is 72.5. The third-order valence-electron chi connectivity index (χ3n) is 20.7. The molecular weight excluding hydrogens is 1270 g/mol. The van der Waals surface area contributed by atoms with E-state index in [1.54, 1.807) is 6.08 Å². The second-order valence-corrected chi connectivity index (χ2v) is 29.6. The van der Waals surface area contributed by atoms with Gasteiger partial charge in [0.15, 0.2) is 18.9 Å². The van der Waals surface area contributed by atoms with Crippen molar-refractivity contribution < 1.29 is 89.4 Å². The molecule has 0 aromatic rings. The minimum absolute atomic E-state index is 0.248. The van der Waals surface area contributed by atoms with Crippen LogP contribution in [0.4, 0.5) is 0 Å². The normalized spacial score (nSPS) is 26.6. The highest BCUT2D eigenvalue weighted by Gasteiger charge is 2.54. The standard InChI is InChI=1S/C81H151NO18/c1-3-5-7-9-11-13-15-17-19-21-23-24-25-26-27-28-29-30-31-32-33-34-35-36-37-38-39-40-41-43-45-47-49-51-53-55-57-59-69(87)82-64(65(86)58-56-54-52-50-48-46-44-42-22-20-18-16-14-12-10-8-6-4-2)63-95-79-75(93)72(90)77(67(61-84)97-79)100-81-76(94)73(91)78(68(62-85)98-81)99-80-74(92)71(89)70(88)66(60-83)96-80/h15,17,21,23,56,58,64-68,70-81,83-86,88-94H,3-14,16,18-20,22,24-55,57,59-63H2,1-2H3,(H,82,87)/b17-15-,23-21-,58-56+. The smallest absolute Gasteiger partial charge is 0.220 e. The van der Waals surface area contributed by atoms with Gasteiger partial charge in [-0.05, 0) is 51.4 Å². The molecule has 3 rings (SSSR count). The summed E-state index contributed by atoms with van der Waals surface area (Å²) in [4.78, 5) is 13.5. The van der Waals surface area contributed by atoms with E-state index in [-0.39, 0.29) is 18.9 Å². The van der Waals surface area contributed by atoms with Crippen LogP contribution in [0, 0.1) is 0 Å². The Bertz CT molecular complexity index is 1950. The van der Waals surface area contributed by atoms with Gasteiger partial charge >= 0.3 is 0 Å². The topological polar surface area (TPSA) is 307 Å². The third kappa shape index (κ3) is 41.8. The molecule has 17 unspecified atom stereocenters. The predicted octanol–water partition coefficient (Wildman–Crippen LogP) is 13.9. The molecular formula is C81H151NO18. The maximum atomic E-state index is 13.5. The number of aliphatic hydroxyl groups is 11. The molecule has 3 saturated heterocycles. The Hall–Kier alpha value is -1.99. The van der Waals surface area contributed by atoms with Gasteiger partial charge in [0.1, 0.15) is 73.2 Å². The average Bonchev–Trinajstić information content (AvgIpc) is 0.783. The lowest BCUT2D eigenvalue weighted by molar-refractivity contribution is -0.379. The summed E-state index contributed by atoms with van der Waals surface area (Å²) in [5, 5.41) is 121. The highest BCUT2D eigenvalue weighted by molar-refractivity contribution is 5.76. The van der Waals surface area contributed by atoms with Gasteiger partial charge in [0.2, 0.25) is 5.91 Å². The molecule has 0 aliphatic carbocycles. The van der Waals surface area contributed by atoms with E-state index < -0.39 is 124 Å². The second-order valence-electron chi connectivity index (χ2n) is 29.6. The molecule has 12 N–H and O–H groups in total. The van der Waals surface area contributed by atoms with Crippen LogP contribution in [0.1, 0.15) is 341 Å². The summed E-state index contributed by atoms with van der Waals surface area (Å²) in [6.45, 7) is 1.77. The molecule has 19 heteroatoms. The van der Waals surface area contributed by atoms with Crippen molar-refractivity contribution in [1.82, 2.24) is 5.32 Å². The van der Waals surface area contributed by atoms with E-state index in [0.29, 0.717) is 6.42 Å². The van der Waals surface area contributed by atoms with Crippen molar-refractivity contribution in [2.24, 2.45) is 0 Å². The number of amides is 1. The largest absolute Gasteiger partial charge is 0.394 e. The number of nitrogens with one attached hydrogen (secondary N) is 1. The summed E-state index contributed by atoms with van der Waals surface area (Å²) in [7, 11) is 0. The lowest BCUT2D eigenvalue weighted by atomic mass is 9.96. The number of hydrogen-bond donors (Lipinski definition) is 12. The molecule has 100 heavy (non-hydrogen) atoms. The highest BCUT2D eigenvalue weighted by Crippen LogP contribution is 2.33. The molecule has 3 heterocycles. The van der Waals surface area contributed by atoms with E-state index in [2.05, 4.69) is 43.5 Å². The van der Waals surface area contributed by atoms with Crippen LogP contribution in [-0.2, 0) is 33.2 Å². The first-order chi connectivity index (χ1) is 48.8. The quantitative estimate of drug-likeness (QED) is 0.0199. The van der Waals surface area contributed by atoms with Crippen LogP contribution >= 0.6 is 0 Å². The monoisotopic (exact) mass is 1430 g/mol. The Morgan fingerprint density at radius 2 is 0.660 bits per heavy atom. The van der Waals surface area contributed by atoms with Crippen LogP contribution < -0.4 is 5.32 Å². The summed E-state index contributed by atoms with van der Waals surface area (Å²) >= 11 is 0. The molecule has 3 aliphatic heterocycles. The van der Waals surface area contributed by atoms with Crippen LogP contribution in [0.15, 0.2) is 36.5 Å². The van der Waals surface area contributed by atoms with Gasteiger partial charge in [0.05, 0.1) is 38.6 Å². The van der Waals surface area contributed by atoms with Crippen LogP contribution in [0.2, 0.25) is 0 Å². The maximum Gasteiger partial charge on any atom is 0.220 e. The first-order valence-electron chi connectivity index (χ1n) is 41.2. The first kappa shape index (κ1) is 92.2. The molecule has 0 aromatic heterocycles. The first-order valence-corrected chi connectivity index (χ1v) is 41.2. The van der Waals surface area contributed by atoms with Crippen molar-refractivity contribution in [3.05, 3.63) is 36.5 Å². The Morgan fingerprint density at radius 3 is 1.02 bits per heavy atom. The van der Waals surface area contributed by atoms with Gasteiger partial charge in [0.25, 0.3) is 0 Å². The molecule has 17 atom stereocenters. The number of allylic oxidation sites excluding steroid dienone is 5. The van der Waals surface area contributed by atoms with E-state index in [1.807, 2.05) is 6.08 Å². The van der Waals surface area contributed by atoms with Gasteiger partial charge in [-0.25, -0.2) is 0 Å². The van der Waals surface area contributed by atoms with Crippen molar-refractivity contribution in [2.75, 3.05) is 26.4 Å². The number of carbonyl (C=O) groups excluding carboxylic acids is 1. The van der Waals surface area contributed by atoms with Crippen LogP contribution in [-0.4, -0.2) is 193 Å². The number of carbonyl (C=O) groups is 1. The van der Waals surface area contributed by atoms with Crippen molar-refractivity contribution in [3.8, 4) is 0 Å². The van der Waals surface area contributed by atoms with E-state index in [9.17, 15) is 61.0 Å². The predicted molar refractivity (Wildman–Crippen MR) is 397 cm³/mol. The molecule has 1 amide bonds. The zero-order valence-corrected chi connectivity index (χ0v) is 62.9. The molecule has 3 aliphatic rings. The number of aliphatic hydroxyl groups excluding tert-OH is 11. The fourth-order valence-corrected chi connectivity index (χ4v) is 14.1. The summed E-state index contributed by atoms with van der Waals surface area (Å²) in [5.41, 5.74) is 0. The average molecular weight is 1430 g/mol. The molecule has 588 valence electrons. The van der Waals surface area contributed by atoms with E-state index in [1.165, 1.54) is 263 Å². The van der Waals surface area contributed by atoms with Crippen molar-refractivity contribution in [1.29, 1.82) is 0 Å². The summed E-state index contributed by atoms with van der Waals surface area (Å²) in [6, 6.07) is -0.972.